The van der Waals surface area contributed by atoms with Crippen LogP contribution < -0.4 is 5.32 Å². The Labute approximate surface area is 99.7 Å². The summed E-state index contributed by atoms with van der Waals surface area (Å²) in [7, 11) is 1.86. The molecule has 1 aromatic heterocycles. The molecule has 1 amide bonds. The second kappa shape index (κ2) is 4.93. The van der Waals surface area contributed by atoms with Gasteiger partial charge >= 0.3 is 0 Å². The van der Waals surface area contributed by atoms with Gasteiger partial charge in [0, 0.05) is 25.0 Å². The van der Waals surface area contributed by atoms with E-state index in [1.807, 2.05) is 19.5 Å². The Morgan fingerprint density at radius 3 is 3.06 bits per heavy atom. The zero-order valence-corrected chi connectivity index (χ0v) is 10.5. The molecule has 1 fully saturated rings. The lowest BCUT2D eigenvalue weighted by molar-refractivity contribution is -0.128. The van der Waals surface area contributed by atoms with Gasteiger partial charge in [0.25, 0.3) is 0 Å². The summed E-state index contributed by atoms with van der Waals surface area (Å²) >= 11 is 1.69. The summed E-state index contributed by atoms with van der Waals surface area (Å²) in [6.07, 6.45) is 1.89. The van der Waals surface area contributed by atoms with Gasteiger partial charge in [0.05, 0.1) is 17.2 Å². The molecule has 16 heavy (non-hydrogen) atoms. The van der Waals surface area contributed by atoms with Crippen LogP contribution in [-0.2, 0) is 11.2 Å². The molecule has 0 spiro atoms. The fourth-order valence-corrected chi connectivity index (χ4v) is 2.72. The molecule has 88 valence electrons. The molecule has 1 aromatic rings. The first-order chi connectivity index (χ1) is 7.68. The number of likely N-dealkylation sites (tertiary alicyclic amines) is 1. The molecule has 1 N–H and O–H groups in total. The van der Waals surface area contributed by atoms with Gasteiger partial charge in [-0.05, 0) is 19.8 Å². The van der Waals surface area contributed by atoms with Crippen molar-refractivity contribution >= 4 is 17.2 Å². The van der Waals surface area contributed by atoms with Crippen LogP contribution in [0.5, 0.6) is 0 Å². The number of rotatable bonds is 4. The quantitative estimate of drug-likeness (QED) is 0.846. The number of aryl methyl sites for hydroxylation is 1. The second-order valence-corrected chi connectivity index (χ2v) is 5.11. The number of hydrogen-bond donors (Lipinski definition) is 1. The van der Waals surface area contributed by atoms with Crippen molar-refractivity contribution in [3.05, 3.63) is 16.1 Å². The minimum atomic E-state index is 0.0261. The monoisotopic (exact) mass is 239 g/mol. The summed E-state index contributed by atoms with van der Waals surface area (Å²) in [5.74, 6) is 0.223. The molecule has 0 aliphatic carbocycles. The van der Waals surface area contributed by atoms with Crippen molar-refractivity contribution in [2.24, 2.45) is 0 Å². The Kier molecular flexibility index (Phi) is 3.56. The average Bonchev–Trinajstić information content (AvgIpc) is 2.80. The van der Waals surface area contributed by atoms with E-state index in [-0.39, 0.29) is 11.9 Å². The molecule has 1 aliphatic rings. The van der Waals surface area contributed by atoms with Crippen LogP contribution in [0.1, 0.15) is 17.0 Å². The first-order valence-corrected chi connectivity index (χ1v) is 6.44. The molecule has 5 heteroatoms. The molecule has 0 aromatic carbocycles. The molecule has 0 bridgehead atoms. The Hall–Kier alpha value is -0.940. The molecule has 1 saturated heterocycles. The Morgan fingerprint density at radius 2 is 2.50 bits per heavy atom. The summed E-state index contributed by atoms with van der Waals surface area (Å²) in [5.41, 5.74) is 2.99. The maximum absolute atomic E-state index is 11.6. The number of nitrogens with zero attached hydrogens (tertiary/aromatic N) is 2. The van der Waals surface area contributed by atoms with Crippen molar-refractivity contribution < 1.29 is 4.79 Å². The number of carbonyl (C=O) groups is 1. The predicted octanol–water partition coefficient (Wildman–Crippen LogP) is 0.814. The smallest absolute Gasteiger partial charge is 0.239 e. The van der Waals surface area contributed by atoms with Crippen LogP contribution in [0.3, 0.4) is 0 Å². The van der Waals surface area contributed by atoms with Crippen LogP contribution in [0, 0.1) is 6.92 Å². The van der Waals surface area contributed by atoms with Gasteiger partial charge in [-0.1, -0.05) is 0 Å². The van der Waals surface area contributed by atoms with Crippen LogP contribution in [0.25, 0.3) is 0 Å². The number of amides is 1. The lowest BCUT2D eigenvalue weighted by Gasteiger charge is -2.11. The predicted molar refractivity (Wildman–Crippen MR) is 64.6 cm³/mol. The van der Waals surface area contributed by atoms with Gasteiger partial charge in [0.1, 0.15) is 0 Å². The van der Waals surface area contributed by atoms with E-state index < -0.39 is 0 Å². The summed E-state index contributed by atoms with van der Waals surface area (Å²) < 4.78 is 0. The Balaban J connectivity index is 1.77. The number of aromatic nitrogens is 1. The van der Waals surface area contributed by atoms with E-state index in [2.05, 4.69) is 10.3 Å². The van der Waals surface area contributed by atoms with Crippen LogP contribution in [0.2, 0.25) is 0 Å². The molecular weight excluding hydrogens is 222 g/mol. The highest BCUT2D eigenvalue weighted by Crippen LogP contribution is 2.13. The normalized spacial score (nSPS) is 20.8. The van der Waals surface area contributed by atoms with Gasteiger partial charge in [0.2, 0.25) is 5.91 Å². The highest BCUT2D eigenvalue weighted by atomic mass is 32.1. The largest absolute Gasteiger partial charge is 0.344 e. The molecule has 2 rings (SSSR count). The minimum absolute atomic E-state index is 0.0261. The van der Waals surface area contributed by atoms with Gasteiger partial charge in [-0.25, -0.2) is 4.98 Å². The summed E-state index contributed by atoms with van der Waals surface area (Å²) in [6.45, 7) is 3.75. The van der Waals surface area contributed by atoms with Gasteiger partial charge < -0.3 is 10.2 Å². The number of thiazole rings is 1. The standard InChI is InChI=1S/C11H17N3OS/c1-8-10(16-7-13-8)3-5-12-9-4-6-14(2)11(9)15/h7,9,12H,3-6H2,1-2H3. The number of nitrogens with one attached hydrogen (secondary N) is 1. The van der Waals surface area contributed by atoms with Gasteiger partial charge in [-0.15, -0.1) is 11.3 Å². The van der Waals surface area contributed by atoms with Gasteiger partial charge in [0.15, 0.2) is 0 Å². The van der Waals surface area contributed by atoms with Crippen LogP contribution in [-0.4, -0.2) is 42.0 Å². The maximum Gasteiger partial charge on any atom is 0.239 e. The van der Waals surface area contributed by atoms with E-state index in [0.29, 0.717) is 0 Å². The van der Waals surface area contributed by atoms with Crippen LogP contribution in [0.4, 0.5) is 0 Å². The first-order valence-electron chi connectivity index (χ1n) is 5.56. The van der Waals surface area contributed by atoms with Crippen molar-refractivity contribution in [1.82, 2.24) is 15.2 Å². The van der Waals surface area contributed by atoms with Crippen molar-refractivity contribution in [1.29, 1.82) is 0 Å². The van der Waals surface area contributed by atoms with Crippen molar-refractivity contribution in [3.63, 3.8) is 0 Å². The SMILES string of the molecule is Cc1ncsc1CCNC1CCN(C)C1=O. The molecule has 1 aliphatic heterocycles. The van der Waals surface area contributed by atoms with E-state index in [4.69, 9.17) is 0 Å². The highest BCUT2D eigenvalue weighted by molar-refractivity contribution is 7.09. The molecule has 0 saturated carbocycles. The average molecular weight is 239 g/mol. The molecule has 0 radical (unpaired) electrons. The minimum Gasteiger partial charge on any atom is -0.344 e. The number of hydrogen-bond acceptors (Lipinski definition) is 4. The molecule has 1 atom stereocenters. The van der Waals surface area contributed by atoms with E-state index >= 15 is 0 Å². The Bertz CT molecular complexity index is 377. The van der Waals surface area contributed by atoms with Gasteiger partial charge in [-0.2, -0.15) is 0 Å². The summed E-state index contributed by atoms with van der Waals surface area (Å²) in [4.78, 5) is 18.9. The number of carbonyl (C=O) groups excluding carboxylic acids is 1. The zero-order chi connectivity index (χ0) is 11.5. The molecule has 2 heterocycles. The fraction of sp³-hybridized carbons (Fsp3) is 0.636. The Morgan fingerprint density at radius 1 is 1.69 bits per heavy atom. The van der Waals surface area contributed by atoms with E-state index in [1.165, 1.54) is 4.88 Å². The maximum atomic E-state index is 11.6. The number of likely N-dealkylation sites (N-methyl/N-ethyl adjacent to an activating group) is 1. The third kappa shape index (κ3) is 2.41. The molecule has 4 nitrogen and oxygen atoms in total. The second-order valence-electron chi connectivity index (χ2n) is 4.17. The zero-order valence-electron chi connectivity index (χ0n) is 9.69. The van der Waals surface area contributed by atoms with Crippen molar-refractivity contribution in [3.8, 4) is 0 Å². The highest BCUT2D eigenvalue weighted by Gasteiger charge is 2.27. The van der Waals surface area contributed by atoms with E-state index in [1.54, 1.807) is 16.2 Å². The van der Waals surface area contributed by atoms with E-state index in [9.17, 15) is 4.79 Å². The topological polar surface area (TPSA) is 45.2 Å². The van der Waals surface area contributed by atoms with Crippen LogP contribution in [0.15, 0.2) is 5.51 Å². The third-order valence-electron chi connectivity index (χ3n) is 3.02. The van der Waals surface area contributed by atoms with E-state index in [0.717, 1.165) is 31.6 Å². The summed E-state index contributed by atoms with van der Waals surface area (Å²) in [6, 6.07) is 0.0261. The van der Waals surface area contributed by atoms with Crippen molar-refractivity contribution in [2.75, 3.05) is 20.1 Å². The fourth-order valence-electron chi connectivity index (χ4n) is 1.94. The van der Waals surface area contributed by atoms with Crippen LogP contribution >= 0.6 is 11.3 Å². The lowest BCUT2D eigenvalue weighted by atomic mass is 10.2. The van der Waals surface area contributed by atoms with Crippen molar-refractivity contribution in [2.45, 2.75) is 25.8 Å². The third-order valence-corrected chi connectivity index (χ3v) is 4.01. The van der Waals surface area contributed by atoms with Gasteiger partial charge in [-0.3, -0.25) is 4.79 Å². The molecule has 1 unspecified atom stereocenters. The first kappa shape index (κ1) is 11.5. The summed E-state index contributed by atoms with van der Waals surface area (Å²) in [5, 5.41) is 3.31. The lowest BCUT2D eigenvalue weighted by Crippen LogP contribution is -2.37. The molecular formula is C11H17N3OS.